The molecule has 2 heterocycles. The number of carbonyl (C=O) groups is 1. The van der Waals surface area contributed by atoms with Crippen LogP contribution in [-0.2, 0) is 18.4 Å². The highest BCUT2D eigenvalue weighted by Gasteiger charge is 2.20. The number of nitrogens with two attached hydrogens (primary N) is 1. The molecule has 1 unspecified atom stereocenters. The third-order valence-electron chi connectivity index (χ3n) is 3.95. The van der Waals surface area contributed by atoms with Crippen molar-refractivity contribution >= 4 is 16.8 Å². The van der Waals surface area contributed by atoms with E-state index in [2.05, 4.69) is 15.4 Å². The van der Waals surface area contributed by atoms with E-state index < -0.39 is 6.04 Å². The quantitative estimate of drug-likeness (QED) is 0.662. The Kier molecular flexibility index (Phi) is 4.18. The monoisotopic (exact) mass is 325 g/mol. The van der Waals surface area contributed by atoms with E-state index in [0.29, 0.717) is 16.8 Å². The SMILES string of the molecule is Cc1nn(C)cc1C(N)C(=O)NCc1cc2ccccc2[nH]c1=O. The number of H-pyrrole nitrogens is 1. The molecule has 1 atom stereocenters. The summed E-state index contributed by atoms with van der Waals surface area (Å²) in [5, 5.41) is 7.81. The molecule has 7 nitrogen and oxygen atoms in total. The average molecular weight is 325 g/mol. The number of carbonyl (C=O) groups excluding carboxylic acids is 1. The highest BCUT2D eigenvalue weighted by Crippen LogP contribution is 2.14. The molecule has 4 N–H and O–H groups in total. The average Bonchev–Trinajstić information content (AvgIpc) is 2.90. The number of hydrogen-bond donors (Lipinski definition) is 3. The van der Waals surface area contributed by atoms with Crippen LogP contribution in [0.4, 0.5) is 0 Å². The number of nitrogens with one attached hydrogen (secondary N) is 2. The van der Waals surface area contributed by atoms with E-state index >= 15 is 0 Å². The van der Waals surface area contributed by atoms with Gasteiger partial charge in [0.1, 0.15) is 6.04 Å². The first-order valence-corrected chi connectivity index (χ1v) is 7.60. The fraction of sp³-hybridized carbons (Fsp3) is 0.235. The van der Waals surface area contributed by atoms with Crippen LogP contribution in [0.2, 0.25) is 0 Å². The molecule has 3 rings (SSSR count). The summed E-state index contributed by atoms with van der Waals surface area (Å²) >= 11 is 0. The minimum Gasteiger partial charge on any atom is -0.350 e. The van der Waals surface area contributed by atoms with Crippen molar-refractivity contribution < 1.29 is 4.79 Å². The molecule has 0 aliphatic rings. The number of hydrogen-bond acceptors (Lipinski definition) is 4. The van der Waals surface area contributed by atoms with Crippen molar-refractivity contribution in [3.05, 3.63) is 63.7 Å². The number of amides is 1. The largest absolute Gasteiger partial charge is 0.350 e. The van der Waals surface area contributed by atoms with E-state index in [-0.39, 0.29) is 18.0 Å². The smallest absolute Gasteiger partial charge is 0.253 e. The van der Waals surface area contributed by atoms with Gasteiger partial charge in [0.15, 0.2) is 0 Å². The Morgan fingerprint density at radius 2 is 2.17 bits per heavy atom. The normalized spacial score (nSPS) is 12.3. The number of rotatable bonds is 4. The number of pyridine rings is 1. The number of aromatic nitrogens is 3. The standard InChI is InChI=1S/C17H19N5O2/c1-10-13(9-22(2)21-10)15(18)17(24)19-8-12-7-11-5-3-4-6-14(11)20-16(12)23/h3-7,9,15H,8,18H2,1-2H3,(H,19,24)(H,20,23). The summed E-state index contributed by atoms with van der Waals surface area (Å²) in [6.07, 6.45) is 1.72. The Bertz CT molecular complexity index is 957. The zero-order chi connectivity index (χ0) is 17.3. The molecule has 1 aromatic carbocycles. The van der Waals surface area contributed by atoms with E-state index in [9.17, 15) is 9.59 Å². The Morgan fingerprint density at radius 3 is 2.88 bits per heavy atom. The number of fused-ring (bicyclic) bond motifs is 1. The first-order valence-electron chi connectivity index (χ1n) is 7.60. The molecular weight excluding hydrogens is 306 g/mol. The van der Waals surface area contributed by atoms with Gasteiger partial charge in [-0.3, -0.25) is 14.3 Å². The van der Waals surface area contributed by atoms with Gasteiger partial charge in [-0.1, -0.05) is 18.2 Å². The number of aromatic amines is 1. The molecular formula is C17H19N5O2. The Morgan fingerprint density at radius 1 is 1.42 bits per heavy atom. The Hall–Kier alpha value is -2.93. The zero-order valence-electron chi connectivity index (χ0n) is 13.5. The van der Waals surface area contributed by atoms with Crippen molar-refractivity contribution in [2.45, 2.75) is 19.5 Å². The number of benzene rings is 1. The number of para-hydroxylation sites is 1. The zero-order valence-corrected chi connectivity index (χ0v) is 13.5. The van der Waals surface area contributed by atoms with Crippen molar-refractivity contribution in [3.63, 3.8) is 0 Å². The molecule has 0 radical (unpaired) electrons. The molecule has 1 amide bonds. The van der Waals surface area contributed by atoms with Crippen molar-refractivity contribution in [1.82, 2.24) is 20.1 Å². The highest BCUT2D eigenvalue weighted by atomic mass is 16.2. The molecule has 0 saturated carbocycles. The molecule has 0 aliphatic carbocycles. The summed E-state index contributed by atoms with van der Waals surface area (Å²) in [7, 11) is 1.77. The van der Waals surface area contributed by atoms with Gasteiger partial charge in [-0.05, 0) is 24.4 Å². The molecule has 0 saturated heterocycles. The van der Waals surface area contributed by atoms with Crippen LogP contribution in [0.15, 0.2) is 41.3 Å². The van der Waals surface area contributed by atoms with Gasteiger partial charge in [-0.25, -0.2) is 0 Å². The Labute approximate surface area is 138 Å². The van der Waals surface area contributed by atoms with Crippen LogP contribution < -0.4 is 16.6 Å². The van der Waals surface area contributed by atoms with Crippen molar-refractivity contribution in [2.75, 3.05) is 0 Å². The summed E-state index contributed by atoms with van der Waals surface area (Å²) in [5.41, 5.74) is 8.40. The second-order valence-electron chi connectivity index (χ2n) is 5.75. The van der Waals surface area contributed by atoms with Crippen LogP contribution in [0.1, 0.15) is 22.9 Å². The first-order chi connectivity index (χ1) is 11.5. The molecule has 0 aliphatic heterocycles. The lowest BCUT2D eigenvalue weighted by atomic mass is 10.1. The fourth-order valence-electron chi connectivity index (χ4n) is 2.68. The van der Waals surface area contributed by atoms with Crippen LogP contribution in [0, 0.1) is 6.92 Å². The molecule has 0 fully saturated rings. The van der Waals surface area contributed by atoms with Crippen LogP contribution in [0.3, 0.4) is 0 Å². The summed E-state index contributed by atoms with van der Waals surface area (Å²) in [5.74, 6) is -0.348. The first kappa shape index (κ1) is 15.9. The molecule has 7 heteroatoms. The van der Waals surface area contributed by atoms with E-state index in [0.717, 1.165) is 10.9 Å². The highest BCUT2D eigenvalue weighted by molar-refractivity contribution is 5.83. The minimum absolute atomic E-state index is 0.117. The van der Waals surface area contributed by atoms with E-state index in [1.165, 1.54) is 0 Å². The maximum absolute atomic E-state index is 12.3. The minimum atomic E-state index is -0.821. The van der Waals surface area contributed by atoms with Gasteiger partial charge in [0.2, 0.25) is 5.91 Å². The van der Waals surface area contributed by atoms with Gasteiger partial charge in [-0.2, -0.15) is 5.10 Å². The summed E-state index contributed by atoms with van der Waals surface area (Å²) < 4.78 is 1.62. The van der Waals surface area contributed by atoms with Gasteiger partial charge in [0, 0.05) is 36.4 Å². The van der Waals surface area contributed by atoms with Gasteiger partial charge in [0.05, 0.1) is 5.69 Å². The third-order valence-corrected chi connectivity index (χ3v) is 3.95. The van der Waals surface area contributed by atoms with Gasteiger partial charge in [0.25, 0.3) is 5.56 Å². The lowest BCUT2D eigenvalue weighted by Gasteiger charge is -2.11. The van der Waals surface area contributed by atoms with Crippen LogP contribution in [0.25, 0.3) is 10.9 Å². The Balaban J connectivity index is 1.75. The summed E-state index contributed by atoms with van der Waals surface area (Å²) in [6.45, 7) is 1.92. The fourth-order valence-corrected chi connectivity index (χ4v) is 2.68. The van der Waals surface area contributed by atoms with Crippen molar-refractivity contribution in [2.24, 2.45) is 12.8 Å². The molecule has 0 spiro atoms. The number of aryl methyl sites for hydroxylation is 2. The van der Waals surface area contributed by atoms with E-state index in [4.69, 9.17) is 5.73 Å². The molecule has 124 valence electrons. The molecule has 2 aromatic heterocycles. The van der Waals surface area contributed by atoms with Crippen LogP contribution in [0.5, 0.6) is 0 Å². The van der Waals surface area contributed by atoms with Crippen molar-refractivity contribution in [3.8, 4) is 0 Å². The van der Waals surface area contributed by atoms with Gasteiger partial charge < -0.3 is 16.0 Å². The second-order valence-corrected chi connectivity index (χ2v) is 5.75. The predicted molar refractivity (Wildman–Crippen MR) is 91.3 cm³/mol. The van der Waals surface area contributed by atoms with Gasteiger partial charge >= 0.3 is 0 Å². The summed E-state index contributed by atoms with van der Waals surface area (Å²) in [6, 6.07) is 8.44. The maximum atomic E-state index is 12.3. The maximum Gasteiger partial charge on any atom is 0.253 e. The topological polar surface area (TPSA) is 106 Å². The van der Waals surface area contributed by atoms with Crippen molar-refractivity contribution in [1.29, 1.82) is 0 Å². The lowest BCUT2D eigenvalue weighted by Crippen LogP contribution is -2.35. The molecule has 24 heavy (non-hydrogen) atoms. The lowest BCUT2D eigenvalue weighted by molar-refractivity contribution is -0.122. The molecule has 3 aromatic rings. The predicted octanol–water partition coefficient (Wildman–Crippen LogP) is 0.886. The second kappa shape index (κ2) is 6.29. The van der Waals surface area contributed by atoms with E-state index in [1.807, 2.05) is 24.3 Å². The summed E-state index contributed by atoms with van der Waals surface area (Å²) in [4.78, 5) is 27.2. The van der Waals surface area contributed by atoms with Crippen LogP contribution >= 0.6 is 0 Å². The molecule has 0 bridgehead atoms. The van der Waals surface area contributed by atoms with E-state index in [1.54, 1.807) is 30.9 Å². The third kappa shape index (κ3) is 3.07. The van der Waals surface area contributed by atoms with Crippen LogP contribution in [-0.4, -0.2) is 20.7 Å². The van der Waals surface area contributed by atoms with Gasteiger partial charge in [-0.15, -0.1) is 0 Å². The number of nitrogens with zero attached hydrogens (tertiary/aromatic N) is 2.